The van der Waals surface area contributed by atoms with Crippen molar-refractivity contribution >= 4 is 11.6 Å². The topological polar surface area (TPSA) is 60.4 Å². The van der Waals surface area contributed by atoms with Gasteiger partial charge in [-0.1, -0.05) is 0 Å². The van der Waals surface area contributed by atoms with Crippen LogP contribution in [0.4, 0.5) is 0 Å². The molecule has 0 aromatic heterocycles. The Labute approximate surface area is 124 Å². The van der Waals surface area contributed by atoms with Crippen molar-refractivity contribution < 1.29 is 19.0 Å². The summed E-state index contributed by atoms with van der Waals surface area (Å²) in [5.74, 6) is 1.20. The molecule has 114 valence electrons. The zero-order valence-electron chi connectivity index (χ0n) is 12.6. The van der Waals surface area contributed by atoms with Crippen LogP contribution in [0.25, 0.3) is 0 Å². The minimum absolute atomic E-state index is 0.0687. The second-order valence-corrected chi connectivity index (χ2v) is 4.52. The largest absolute Gasteiger partial charge is 0.493 e. The van der Waals surface area contributed by atoms with E-state index in [2.05, 4.69) is 5.10 Å². The van der Waals surface area contributed by atoms with Crippen LogP contribution in [-0.2, 0) is 9.53 Å². The lowest BCUT2D eigenvalue weighted by Gasteiger charge is -2.10. The fraction of sp³-hybridized carbons (Fsp3) is 0.467. The number of nitrogens with zero attached hydrogens (tertiary/aromatic N) is 2. The number of ether oxygens (including phenoxy) is 3. The Morgan fingerprint density at radius 3 is 2.71 bits per heavy atom. The van der Waals surface area contributed by atoms with Crippen LogP contribution in [-0.4, -0.2) is 50.6 Å². The van der Waals surface area contributed by atoms with Gasteiger partial charge in [0.2, 0.25) is 0 Å². The number of hydrazone groups is 1. The first-order valence-corrected chi connectivity index (χ1v) is 6.87. The van der Waals surface area contributed by atoms with Gasteiger partial charge in [-0.15, -0.1) is 0 Å². The molecule has 1 heterocycles. The van der Waals surface area contributed by atoms with Gasteiger partial charge in [0.05, 0.1) is 26.5 Å². The minimum atomic E-state index is -0.118. The molecule has 2 rings (SSSR count). The number of rotatable bonds is 6. The first-order chi connectivity index (χ1) is 10.2. The van der Waals surface area contributed by atoms with E-state index >= 15 is 0 Å². The lowest BCUT2D eigenvalue weighted by molar-refractivity contribution is -0.135. The van der Waals surface area contributed by atoms with Crippen LogP contribution in [0.1, 0.15) is 18.9 Å². The number of benzene rings is 1. The van der Waals surface area contributed by atoms with E-state index in [1.807, 2.05) is 25.1 Å². The van der Waals surface area contributed by atoms with Gasteiger partial charge in [0.15, 0.2) is 11.5 Å². The smallest absolute Gasteiger partial charge is 0.268 e. The maximum absolute atomic E-state index is 11.9. The fourth-order valence-electron chi connectivity index (χ4n) is 2.12. The number of hydrogen-bond acceptors (Lipinski definition) is 5. The monoisotopic (exact) mass is 292 g/mol. The van der Waals surface area contributed by atoms with Gasteiger partial charge in [-0.3, -0.25) is 4.79 Å². The molecule has 0 fully saturated rings. The van der Waals surface area contributed by atoms with Gasteiger partial charge < -0.3 is 14.2 Å². The molecule has 1 amide bonds. The predicted molar refractivity (Wildman–Crippen MR) is 78.9 cm³/mol. The number of amides is 1. The summed E-state index contributed by atoms with van der Waals surface area (Å²) in [6.45, 7) is 3.02. The second kappa shape index (κ2) is 7.08. The molecule has 6 nitrogen and oxygen atoms in total. The van der Waals surface area contributed by atoms with Crippen LogP contribution in [0.15, 0.2) is 23.3 Å². The molecule has 21 heavy (non-hydrogen) atoms. The quantitative estimate of drug-likeness (QED) is 0.800. The Kier molecular flexibility index (Phi) is 5.16. The molecule has 0 atom stereocenters. The minimum Gasteiger partial charge on any atom is -0.493 e. The maximum Gasteiger partial charge on any atom is 0.268 e. The van der Waals surface area contributed by atoms with Crippen LogP contribution >= 0.6 is 0 Å². The summed E-state index contributed by atoms with van der Waals surface area (Å²) >= 11 is 0. The molecule has 1 aromatic carbocycles. The Morgan fingerprint density at radius 2 is 2.05 bits per heavy atom. The zero-order valence-corrected chi connectivity index (χ0v) is 12.6. The lowest BCUT2D eigenvalue weighted by Crippen LogP contribution is -2.27. The molecule has 1 aliphatic heterocycles. The molecule has 0 radical (unpaired) electrons. The van der Waals surface area contributed by atoms with Crippen molar-refractivity contribution in [1.82, 2.24) is 5.01 Å². The molecule has 0 spiro atoms. The van der Waals surface area contributed by atoms with Gasteiger partial charge >= 0.3 is 0 Å². The summed E-state index contributed by atoms with van der Waals surface area (Å²) in [4.78, 5) is 11.9. The SMILES string of the molecule is CCOCC(=O)N1CCC(c2ccc(OC)c(OC)c2)=N1. The fourth-order valence-corrected chi connectivity index (χ4v) is 2.12. The van der Waals surface area contributed by atoms with Crippen molar-refractivity contribution in [1.29, 1.82) is 0 Å². The van der Waals surface area contributed by atoms with Gasteiger partial charge in [0.25, 0.3) is 5.91 Å². The molecule has 0 saturated heterocycles. The van der Waals surface area contributed by atoms with Crippen LogP contribution in [0.2, 0.25) is 0 Å². The third-order valence-electron chi connectivity index (χ3n) is 3.24. The van der Waals surface area contributed by atoms with E-state index in [1.54, 1.807) is 14.2 Å². The Hall–Kier alpha value is -2.08. The van der Waals surface area contributed by atoms with E-state index < -0.39 is 0 Å². The third kappa shape index (κ3) is 3.52. The molecule has 0 unspecified atom stereocenters. The van der Waals surface area contributed by atoms with E-state index in [0.717, 1.165) is 11.3 Å². The van der Waals surface area contributed by atoms with Crippen molar-refractivity contribution in [3.8, 4) is 11.5 Å². The van der Waals surface area contributed by atoms with Crippen molar-refractivity contribution in [2.24, 2.45) is 5.10 Å². The Bertz CT molecular complexity index is 542. The van der Waals surface area contributed by atoms with Crippen LogP contribution in [0, 0.1) is 0 Å². The summed E-state index contributed by atoms with van der Waals surface area (Å²) < 4.78 is 15.6. The van der Waals surface area contributed by atoms with E-state index in [1.165, 1.54) is 5.01 Å². The van der Waals surface area contributed by atoms with E-state index in [-0.39, 0.29) is 12.5 Å². The normalized spacial score (nSPS) is 14.0. The Morgan fingerprint density at radius 1 is 1.29 bits per heavy atom. The van der Waals surface area contributed by atoms with Gasteiger partial charge in [-0.2, -0.15) is 5.10 Å². The summed E-state index contributed by atoms with van der Waals surface area (Å²) in [6.07, 6.45) is 0.716. The second-order valence-electron chi connectivity index (χ2n) is 4.52. The highest BCUT2D eigenvalue weighted by atomic mass is 16.5. The molecule has 0 saturated carbocycles. The average Bonchev–Trinajstić information content (AvgIpc) is 3.01. The molecule has 6 heteroatoms. The highest BCUT2D eigenvalue weighted by Crippen LogP contribution is 2.29. The highest BCUT2D eigenvalue weighted by Gasteiger charge is 2.22. The summed E-state index contributed by atoms with van der Waals surface area (Å²) in [5.41, 5.74) is 1.79. The molecule has 0 aliphatic carbocycles. The number of carbonyl (C=O) groups is 1. The standard InChI is InChI=1S/C15H20N2O4/c1-4-21-10-15(18)17-8-7-12(16-17)11-5-6-13(19-2)14(9-11)20-3/h5-6,9H,4,7-8,10H2,1-3H3. The van der Waals surface area contributed by atoms with Crippen molar-refractivity contribution in [3.63, 3.8) is 0 Å². The zero-order chi connectivity index (χ0) is 15.2. The van der Waals surface area contributed by atoms with Crippen molar-refractivity contribution in [3.05, 3.63) is 23.8 Å². The van der Waals surface area contributed by atoms with E-state index in [9.17, 15) is 4.79 Å². The summed E-state index contributed by atoms with van der Waals surface area (Å²) in [6, 6.07) is 5.62. The summed E-state index contributed by atoms with van der Waals surface area (Å²) in [5, 5.41) is 5.83. The van der Waals surface area contributed by atoms with Gasteiger partial charge in [0.1, 0.15) is 6.61 Å². The van der Waals surface area contributed by atoms with Crippen LogP contribution in [0.5, 0.6) is 11.5 Å². The van der Waals surface area contributed by atoms with Gasteiger partial charge in [0, 0.05) is 18.6 Å². The van der Waals surface area contributed by atoms with E-state index in [4.69, 9.17) is 14.2 Å². The highest BCUT2D eigenvalue weighted by molar-refractivity contribution is 6.03. The molecular formula is C15H20N2O4. The van der Waals surface area contributed by atoms with Crippen LogP contribution in [0.3, 0.4) is 0 Å². The van der Waals surface area contributed by atoms with Crippen molar-refractivity contribution in [2.75, 3.05) is 34.0 Å². The average molecular weight is 292 g/mol. The van der Waals surface area contributed by atoms with E-state index in [0.29, 0.717) is 31.1 Å². The number of methoxy groups -OCH3 is 2. The first-order valence-electron chi connectivity index (χ1n) is 6.87. The van der Waals surface area contributed by atoms with Gasteiger partial charge in [-0.05, 0) is 25.1 Å². The molecule has 1 aromatic rings. The number of hydrogen-bond donors (Lipinski definition) is 0. The predicted octanol–water partition coefficient (Wildman–Crippen LogP) is 1.68. The maximum atomic E-state index is 11.9. The third-order valence-corrected chi connectivity index (χ3v) is 3.24. The van der Waals surface area contributed by atoms with Crippen LogP contribution < -0.4 is 9.47 Å². The molecule has 0 N–H and O–H groups in total. The lowest BCUT2D eigenvalue weighted by atomic mass is 10.1. The van der Waals surface area contributed by atoms with Gasteiger partial charge in [-0.25, -0.2) is 5.01 Å². The van der Waals surface area contributed by atoms with Crippen molar-refractivity contribution in [2.45, 2.75) is 13.3 Å². The molecule has 0 bridgehead atoms. The first kappa shape index (κ1) is 15.3. The Balaban J connectivity index is 2.14. The molecular weight excluding hydrogens is 272 g/mol. The molecule has 1 aliphatic rings. The number of carbonyl (C=O) groups excluding carboxylic acids is 1. The summed E-state index contributed by atoms with van der Waals surface area (Å²) in [7, 11) is 3.19.